The molecule has 100 valence electrons. The first-order chi connectivity index (χ1) is 8.47. The maximum atomic E-state index is 12.5. The smallest absolute Gasteiger partial charge is 0.398 e. The number of rotatable bonds is 3. The van der Waals surface area contributed by atoms with E-state index in [1.54, 1.807) is 0 Å². The zero-order valence-corrected chi connectivity index (χ0v) is 10.1. The van der Waals surface area contributed by atoms with Gasteiger partial charge in [0.25, 0.3) is 0 Å². The fraction of sp³-hybridized carbons (Fsp3) is 0.538. The molecule has 5 heteroatoms. The minimum absolute atomic E-state index is 0.246. The van der Waals surface area contributed by atoms with Gasteiger partial charge in [0.05, 0.1) is 5.56 Å². The lowest BCUT2D eigenvalue weighted by atomic mass is 9.97. The van der Waals surface area contributed by atoms with Crippen LogP contribution < -0.4 is 11.1 Å². The van der Waals surface area contributed by atoms with E-state index < -0.39 is 11.7 Å². The molecule has 2 nitrogen and oxygen atoms in total. The summed E-state index contributed by atoms with van der Waals surface area (Å²) in [5, 5.41) is 3.27. The number of alkyl halides is 3. The molecule has 0 aromatic heterocycles. The van der Waals surface area contributed by atoms with Gasteiger partial charge >= 0.3 is 6.18 Å². The van der Waals surface area contributed by atoms with Crippen molar-refractivity contribution >= 4 is 5.69 Å². The average molecular weight is 258 g/mol. The summed E-state index contributed by atoms with van der Waals surface area (Å²) in [6.45, 7) is 2.04. The Kier molecular flexibility index (Phi) is 3.80. The molecule has 0 spiro atoms. The highest BCUT2D eigenvalue weighted by atomic mass is 19.4. The number of hydrogen-bond acceptors (Lipinski definition) is 2. The van der Waals surface area contributed by atoms with E-state index in [1.807, 2.05) is 0 Å². The fourth-order valence-electron chi connectivity index (χ4n) is 2.32. The molecule has 1 aromatic rings. The molecule has 2 rings (SSSR count). The molecule has 0 saturated carbocycles. The Morgan fingerprint density at radius 3 is 2.67 bits per heavy atom. The van der Waals surface area contributed by atoms with Gasteiger partial charge in [-0.3, -0.25) is 0 Å². The number of nitrogens with one attached hydrogen (secondary N) is 1. The van der Waals surface area contributed by atoms with Gasteiger partial charge in [-0.05, 0) is 56.0 Å². The number of halogens is 3. The van der Waals surface area contributed by atoms with Crippen molar-refractivity contribution in [1.29, 1.82) is 0 Å². The van der Waals surface area contributed by atoms with Crippen LogP contribution in [0.4, 0.5) is 18.9 Å². The molecule has 1 atom stereocenters. The standard InChI is InChI=1S/C13H17F3N2/c14-13(15,16)11-4-3-10(12(17)7-11)2-1-9-5-6-18-8-9/h3-4,7,9,18H,1-2,5-6,8,17H2. The van der Waals surface area contributed by atoms with Crippen LogP contribution in [0.2, 0.25) is 0 Å². The molecule has 1 saturated heterocycles. The van der Waals surface area contributed by atoms with Crippen LogP contribution in [-0.4, -0.2) is 13.1 Å². The lowest BCUT2D eigenvalue weighted by Crippen LogP contribution is -2.10. The van der Waals surface area contributed by atoms with Gasteiger partial charge in [0.1, 0.15) is 0 Å². The fourth-order valence-corrected chi connectivity index (χ4v) is 2.32. The van der Waals surface area contributed by atoms with Crippen LogP contribution in [0.1, 0.15) is 24.0 Å². The molecule has 1 fully saturated rings. The van der Waals surface area contributed by atoms with Gasteiger partial charge in [-0.15, -0.1) is 0 Å². The predicted octanol–water partition coefficient (Wildman–Crippen LogP) is 2.83. The first-order valence-corrected chi connectivity index (χ1v) is 6.13. The van der Waals surface area contributed by atoms with Crippen molar-refractivity contribution in [3.63, 3.8) is 0 Å². The molecule has 0 amide bonds. The maximum Gasteiger partial charge on any atom is 0.416 e. The zero-order chi connectivity index (χ0) is 13.2. The van der Waals surface area contributed by atoms with Crippen LogP contribution in [0, 0.1) is 5.92 Å². The molecule has 3 N–H and O–H groups in total. The molecule has 0 aliphatic carbocycles. The van der Waals surface area contributed by atoms with Crippen LogP contribution in [0.5, 0.6) is 0 Å². The number of hydrogen-bond donors (Lipinski definition) is 2. The van der Waals surface area contributed by atoms with E-state index in [-0.39, 0.29) is 5.69 Å². The first-order valence-electron chi connectivity index (χ1n) is 6.13. The summed E-state index contributed by atoms with van der Waals surface area (Å²) in [4.78, 5) is 0. The molecular weight excluding hydrogens is 241 g/mol. The summed E-state index contributed by atoms with van der Waals surface area (Å²) in [7, 11) is 0. The minimum Gasteiger partial charge on any atom is -0.398 e. The summed E-state index contributed by atoms with van der Waals surface area (Å²) < 4.78 is 37.4. The number of nitrogen functional groups attached to an aromatic ring is 1. The van der Waals surface area contributed by atoms with E-state index in [9.17, 15) is 13.2 Å². The SMILES string of the molecule is Nc1cc(C(F)(F)F)ccc1CCC1CCNC1. The molecule has 1 aromatic carbocycles. The number of nitrogens with two attached hydrogens (primary N) is 1. The Hall–Kier alpha value is -1.23. The Bertz CT molecular complexity index is 409. The Labute approximate surface area is 104 Å². The topological polar surface area (TPSA) is 38.0 Å². The van der Waals surface area contributed by atoms with Crippen molar-refractivity contribution in [2.24, 2.45) is 5.92 Å². The third kappa shape index (κ3) is 3.16. The summed E-state index contributed by atoms with van der Waals surface area (Å²) in [5.41, 5.74) is 6.07. The minimum atomic E-state index is -4.32. The maximum absolute atomic E-state index is 12.5. The molecule has 1 heterocycles. The van der Waals surface area contributed by atoms with Gasteiger partial charge in [-0.25, -0.2) is 0 Å². The van der Waals surface area contributed by atoms with Crippen LogP contribution >= 0.6 is 0 Å². The Morgan fingerprint density at radius 2 is 2.11 bits per heavy atom. The summed E-state index contributed by atoms with van der Waals surface area (Å²) >= 11 is 0. The third-order valence-electron chi connectivity index (χ3n) is 3.46. The van der Waals surface area contributed by atoms with E-state index in [1.165, 1.54) is 6.07 Å². The van der Waals surface area contributed by atoms with Crippen molar-refractivity contribution in [2.75, 3.05) is 18.8 Å². The quantitative estimate of drug-likeness (QED) is 0.818. The highest BCUT2D eigenvalue weighted by Gasteiger charge is 2.30. The molecule has 1 aliphatic rings. The summed E-state index contributed by atoms with van der Waals surface area (Å²) in [6, 6.07) is 3.64. The average Bonchev–Trinajstić information content (AvgIpc) is 2.79. The molecule has 0 radical (unpaired) electrons. The van der Waals surface area contributed by atoms with Gasteiger partial charge in [0.2, 0.25) is 0 Å². The van der Waals surface area contributed by atoms with Crippen LogP contribution in [0.15, 0.2) is 18.2 Å². The van der Waals surface area contributed by atoms with Crippen molar-refractivity contribution in [3.8, 4) is 0 Å². The van der Waals surface area contributed by atoms with Gasteiger partial charge in [0.15, 0.2) is 0 Å². The number of anilines is 1. The highest BCUT2D eigenvalue weighted by molar-refractivity contribution is 5.49. The van der Waals surface area contributed by atoms with E-state index in [0.717, 1.165) is 50.0 Å². The third-order valence-corrected chi connectivity index (χ3v) is 3.46. The van der Waals surface area contributed by atoms with Gasteiger partial charge in [-0.1, -0.05) is 6.07 Å². The van der Waals surface area contributed by atoms with Gasteiger partial charge in [0, 0.05) is 5.69 Å². The largest absolute Gasteiger partial charge is 0.416 e. The zero-order valence-electron chi connectivity index (χ0n) is 10.1. The molecule has 0 bridgehead atoms. The highest BCUT2D eigenvalue weighted by Crippen LogP contribution is 2.31. The molecule has 1 aliphatic heterocycles. The Morgan fingerprint density at radius 1 is 1.33 bits per heavy atom. The van der Waals surface area contributed by atoms with Crippen LogP contribution in [-0.2, 0) is 12.6 Å². The predicted molar refractivity (Wildman–Crippen MR) is 65.2 cm³/mol. The molecule has 1 unspecified atom stereocenters. The Balaban J connectivity index is 2.01. The normalized spacial score (nSPS) is 20.3. The van der Waals surface area contributed by atoms with Crippen molar-refractivity contribution < 1.29 is 13.2 Å². The van der Waals surface area contributed by atoms with E-state index in [4.69, 9.17) is 5.73 Å². The van der Waals surface area contributed by atoms with Crippen molar-refractivity contribution in [2.45, 2.75) is 25.4 Å². The lowest BCUT2D eigenvalue weighted by Gasteiger charge is -2.12. The first kappa shape index (κ1) is 13.2. The number of aryl methyl sites for hydroxylation is 1. The second-order valence-corrected chi connectivity index (χ2v) is 4.81. The van der Waals surface area contributed by atoms with Crippen LogP contribution in [0.3, 0.4) is 0 Å². The van der Waals surface area contributed by atoms with Gasteiger partial charge < -0.3 is 11.1 Å². The molecule has 18 heavy (non-hydrogen) atoms. The van der Waals surface area contributed by atoms with E-state index >= 15 is 0 Å². The van der Waals surface area contributed by atoms with Crippen molar-refractivity contribution in [1.82, 2.24) is 5.32 Å². The van der Waals surface area contributed by atoms with Crippen LogP contribution in [0.25, 0.3) is 0 Å². The van der Waals surface area contributed by atoms with Gasteiger partial charge in [-0.2, -0.15) is 13.2 Å². The van der Waals surface area contributed by atoms with E-state index in [2.05, 4.69) is 5.32 Å². The summed E-state index contributed by atoms with van der Waals surface area (Å²) in [5.74, 6) is 0.617. The summed E-state index contributed by atoms with van der Waals surface area (Å²) in [6.07, 6.45) is -1.46. The number of benzene rings is 1. The second kappa shape index (κ2) is 5.18. The van der Waals surface area contributed by atoms with E-state index in [0.29, 0.717) is 5.92 Å². The monoisotopic (exact) mass is 258 g/mol. The molecular formula is C13H17F3N2. The second-order valence-electron chi connectivity index (χ2n) is 4.81. The lowest BCUT2D eigenvalue weighted by molar-refractivity contribution is -0.137. The van der Waals surface area contributed by atoms with Crippen molar-refractivity contribution in [3.05, 3.63) is 29.3 Å².